The predicted molar refractivity (Wildman–Crippen MR) is 193 cm³/mol. The standard InChI is InChI=1S/C39H61BO11/c1-22-20-23(40-50-38(14,15)39(16,17)51-40)18-19-24(22)26-28(48-32(43)36(8,9)10)29(49-33(44)37(11,12)13)27(47-31(42)35(5,6)7)25(46-26)21-45-30(41)34(2,3)4/h18-20,25-29H,21H2,1-17H3/t25-,26-,27-,28-,29-/m1/s1. The van der Waals surface area contributed by atoms with Gasteiger partial charge in [-0.1, -0.05) is 18.2 Å². The zero-order valence-electron chi connectivity index (χ0n) is 33.9. The Bertz CT molecular complexity index is 1450. The molecular formula is C39H61BO11. The van der Waals surface area contributed by atoms with E-state index in [4.69, 9.17) is 33.0 Å². The van der Waals surface area contributed by atoms with Crippen molar-refractivity contribution in [3.8, 4) is 0 Å². The number of hydrogen-bond donors (Lipinski definition) is 0. The first-order chi connectivity index (χ1) is 22.9. The number of ether oxygens (including phenoxy) is 5. The molecule has 0 aromatic heterocycles. The van der Waals surface area contributed by atoms with Crippen molar-refractivity contribution < 1.29 is 52.2 Å². The maximum absolute atomic E-state index is 13.6. The number of aryl methyl sites for hydroxylation is 1. The molecule has 2 aliphatic heterocycles. The molecule has 0 bridgehead atoms. The molecule has 0 radical (unpaired) electrons. The third-order valence-corrected chi connectivity index (χ3v) is 9.32. The lowest BCUT2D eigenvalue weighted by molar-refractivity contribution is -0.262. The van der Waals surface area contributed by atoms with Gasteiger partial charge < -0.3 is 33.0 Å². The lowest BCUT2D eigenvalue weighted by Gasteiger charge is -2.46. The molecule has 2 aliphatic rings. The molecule has 2 saturated heterocycles. The van der Waals surface area contributed by atoms with Gasteiger partial charge in [0, 0.05) is 0 Å². The highest BCUT2D eigenvalue weighted by Gasteiger charge is 2.56. The predicted octanol–water partition coefficient (Wildman–Crippen LogP) is 6.20. The average Bonchev–Trinajstić information content (AvgIpc) is 3.17. The van der Waals surface area contributed by atoms with Crippen LogP contribution < -0.4 is 5.46 Å². The summed E-state index contributed by atoms with van der Waals surface area (Å²) in [5, 5.41) is 0. The summed E-state index contributed by atoms with van der Waals surface area (Å²) < 4.78 is 43.6. The Kier molecular flexibility index (Phi) is 12.0. The van der Waals surface area contributed by atoms with Crippen LogP contribution >= 0.6 is 0 Å². The number of hydrogen-bond acceptors (Lipinski definition) is 11. The van der Waals surface area contributed by atoms with E-state index >= 15 is 0 Å². The van der Waals surface area contributed by atoms with Gasteiger partial charge >= 0.3 is 31.0 Å². The SMILES string of the molecule is Cc1cc(B2OC(C)(C)C(C)(C)O2)ccc1[C@H]1O[C@H](COC(=O)C(C)(C)C)[C@@H](OC(=O)C(C)(C)C)[C@@H](OC(=O)C(C)(C)C)[C@@H]1OC(=O)C(C)(C)C. The van der Waals surface area contributed by atoms with Gasteiger partial charge in [0.15, 0.2) is 18.3 Å². The second kappa shape index (κ2) is 14.5. The van der Waals surface area contributed by atoms with Crippen molar-refractivity contribution in [3.05, 3.63) is 29.3 Å². The van der Waals surface area contributed by atoms with Crippen LogP contribution in [-0.2, 0) is 52.2 Å². The van der Waals surface area contributed by atoms with Gasteiger partial charge in [0.05, 0.1) is 32.9 Å². The number of carbonyl (C=O) groups is 4. The molecule has 1 aromatic carbocycles. The van der Waals surface area contributed by atoms with Gasteiger partial charge in [-0.2, -0.15) is 0 Å². The fourth-order valence-electron chi connectivity index (χ4n) is 5.12. The van der Waals surface area contributed by atoms with Crippen LogP contribution in [0, 0.1) is 28.6 Å². The molecule has 0 unspecified atom stereocenters. The van der Waals surface area contributed by atoms with Crippen LogP contribution in [0.5, 0.6) is 0 Å². The number of benzene rings is 1. The van der Waals surface area contributed by atoms with E-state index in [1.807, 2.05) is 52.8 Å². The summed E-state index contributed by atoms with van der Waals surface area (Å²) in [5.41, 5.74) is -2.68. The van der Waals surface area contributed by atoms with Crippen LogP contribution in [0.25, 0.3) is 0 Å². The highest BCUT2D eigenvalue weighted by Crippen LogP contribution is 2.42. The first-order valence-electron chi connectivity index (χ1n) is 17.8. The molecule has 2 heterocycles. The monoisotopic (exact) mass is 716 g/mol. The maximum Gasteiger partial charge on any atom is 0.494 e. The fourth-order valence-corrected chi connectivity index (χ4v) is 5.12. The Labute approximate surface area is 305 Å². The van der Waals surface area contributed by atoms with Crippen molar-refractivity contribution in [2.45, 2.75) is 159 Å². The lowest BCUT2D eigenvalue weighted by atomic mass is 9.77. The van der Waals surface area contributed by atoms with Crippen molar-refractivity contribution in [1.29, 1.82) is 0 Å². The van der Waals surface area contributed by atoms with Crippen LogP contribution in [0.1, 0.15) is 128 Å². The van der Waals surface area contributed by atoms with Crippen molar-refractivity contribution in [2.75, 3.05) is 6.61 Å². The number of esters is 4. The Balaban J connectivity index is 2.23. The Morgan fingerprint density at radius 1 is 0.647 bits per heavy atom. The van der Waals surface area contributed by atoms with Gasteiger partial charge in [-0.25, -0.2) is 0 Å². The number of rotatable bonds is 7. The molecular weight excluding hydrogens is 655 g/mol. The molecule has 0 N–H and O–H groups in total. The van der Waals surface area contributed by atoms with E-state index in [0.717, 1.165) is 11.0 Å². The van der Waals surface area contributed by atoms with Gasteiger partial charge in [-0.15, -0.1) is 0 Å². The first-order valence-corrected chi connectivity index (χ1v) is 17.8. The summed E-state index contributed by atoms with van der Waals surface area (Å²) in [6.07, 6.45) is -6.07. The molecule has 0 spiro atoms. The van der Waals surface area contributed by atoms with Crippen molar-refractivity contribution in [2.24, 2.45) is 21.7 Å². The van der Waals surface area contributed by atoms with E-state index in [-0.39, 0.29) is 6.61 Å². The fraction of sp³-hybridized carbons (Fsp3) is 0.744. The van der Waals surface area contributed by atoms with Gasteiger partial charge in [0.25, 0.3) is 0 Å². The molecule has 2 fully saturated rings. The second-order valence-electron chi connectivity index (χ2n) is 19.0. The summed E-state index contributed by atoms with van der Waals surface area (Å²) in [6.45, 7) is 29.9. The van der Waals surface area contributed by atoms with Crippen molar-refractivity contribution in [1.82, 2.24) is 0 Å². The third-order valence-electron chi connectivity index (χ3n) is 9.32. The van der Waals surface area contributed by atoms with E-state index in [1.54, 1.807) is 83.1 Å². The van der Waals surface area contributed by atoms with Gasteiger partial charge in [-0.05, 0) is 134 Å². The van der Waals surface area contributed by atoms with Gasteiger partial charge in [-0.3, -0.25) is 19.2 Å². The summed E-state index contributed by atoms with van der Waals surface area (Å²) in [5.74, 6) is -2.30. The average molecular weight is 717 g/mol. The first kappa shape index (κ1) is 42.5. The van der Waals surface area contributed by atoms with E-state index in [2.05, 4.69) is 0 Å². The van der Waals surface area contributed by atoms with E-state index < -0.39 is 94.4 Å². The van der Waals surface area contributed by atoms with Crippen LogP contribution in [-0.4, -0.2) is 73.2 Å². The number of carbonyl (C=O) groups excluding carboxylic acids is 4. The van der Waals surface area contributed by atoms with E-state index in [0.29, 0.717) is 5.56 Å². The highest BCUT2D eigenvalue weighted by molar-refractivity contribution is 6.62. The quantitative estimate of drug-likeness (QED) is 0.182. The summed E-state index contributed by atoms with van der Waals surface area (Å²) >= 11 is 0. The molecule has 1 aromatic rings. The van der Waals surface area contributed by atoms with E-state index in [1.165, 1.54) is 0 Å². The zero-order valence-corrected chi connectivity index (χ0v) is 33.9. The third kappa shape index (κ3) is 9.93. The van der Waals surface area contributed by atoms with Crippen molar-refractivity contribution >= 4 is 36.5 Å². The normalized spacial score (nSPS) is 25.2. The van der Waals surface area contributed by atoms with Gasteiger partial charge in [0.1, 0.15) is 18.8 Å². The molecule has 12 heteroatoms. The van der Waals surface area contributed by atoms with Crippen LogP contribution in [0.15, 0.2) is 18.2 Å². The molecule has 286 valence electrons. The summed E-state index contributed by atoms with van der Waals surface area (Å²) in [6, 6.07) is 5.60. The lowest BCUT2D eigenvalue weighted by Crippen LogP contribution is -2.61. The minimum atomic E-state index is -1.34. The maximum atomic E-state index is 13.6. The molecule has 11 nitrogen and oxygen atoms in total. The minimum Gasteiger partial charge on any atom is -0.462 e. The Morgan fingerprint density at radius 3 is 1.47 bits per heavy atom. The topological polar surface area (TPSA) is 133 Å². The Hall–Kier alpha value is -2.96. The molecule has 5 atom stereocenters. The smallest absolute Gasteiger partial charge is 0.462 e. The van der Waals surface area contributed by atoms with Crippen molar-refractivity contribution in [3.63, 3.8) is 0 Å². The molecule has 3 rings (SSSR count). The van der Waals surface area contributed by atoms with E-state index in [9.17, 15) is 19.2 Å². The Morgan fingerprint density at radius 2 is 1.06 bits per heavy atom. The second-order valence-corrected chi connectivity index (χ2v) is 19.0. The largest absolute Gasteiger partial charge is 0.494 e. The zero-order chi connectivity index (χ0) is 39.3. The van der Waals surface area contributed by atoms with Crippen LogP contribution in [0.4, 0.5) is 0 Å². The highest BCUT2D eigenvalue weighted by atomic mass is 16.7. The molecule has 0 amide bonds. The molecule has 51 heavy (non-hydrogen) atoms. The summed E-state index contributed by atoms with van der Waals surface area (Å²) in [7, 11) is -0.629. The minimum absolute atomic E-state index is 0.330. The van der Waals surface area contributed by atoms with Crippen LogP contribution in [0.3, 0.4) is 0 Å². The molecule has 0 saturated carbocycles. The van der Waals surface area contributed by atoms with Crippen LogP contribution in [0.2, 0.25) is 0 Å². The van der Waals surface area contributed by atoms with Gasteiger partial charge in [0.2, 0.25) is 0 Å². The summed E-state index contributed by atoms with van der Waals surface area (Å²) in [4.78, 5) is 53.8. The molecule has 0 aliphatic carbocycles.